The molecule has 0 bridgehead atoms. The summed E-state index contributed by atoms with van der Waals surface area (Å²) < 4.78 is 0. The molecule has 2 atom stereocenters. The number of aromatic nitrogens is 2. The number of hydrogen-bond acceptors (Lipinski definition) is 3. The normalized spacial score (nSPS) is 27.7. The van der Waals surface area contributed by atoms with Crippen molar-refractivity contribution in [3.05, 3.63) is 16.5 Å². The van der Waals surface area contributed by atoms with Gasteiger partial charge in [-0.15, -0.1) is 0 Å². The van der Waals surface area contributed by atoms with E-state index in [1.54, 1.807) is 0 Å². The Morgan fingerprint density at radius 1 is 1.11 bits per heavy atom. The fourth-order valence-corrected chi connectivity index (χ4v) is 2.95. The van der Waals surface area contributed by atoms with E-state index >= 15 is 0 Å². The lowest BCUT2D eigenvalue weighted by molar-refractivity contribution is 0.322. The molecule has 0 amide bonds. The van der Waals surface area contributed by atoms with Crippen LogP contribution in [0, 0.1) is 18.8 Å². The molecule has 4 heteroatoms. The van der Waals surface area contributed by atoms with Crippen LogP contribution < -0.4 is 4.90 Å². The van der Waals surface area contributed by atoms with Crippen molar-refractivity contribution in [1.82, 2.24) is 9.97 Å². The third-order valence-corrected chi connectivity index (χ3v) is 5.02. The zero-order chi connectivity index (χ0) is 13.6. The zero-order valence-electron chi connectivity index (χ0n) is 12.0. The van der Waals surface area contributed by atoms with Gasteiger partial charge in [-0.25, -0.2) is 9.97 Å². The minimum Gasteiger partial charge on any atom is -0.356 e. The van der Waals surface area contributed by atoms with Crippen LogP contribution in [0.25, 0.3) is 0 Å². The van der Waals surface area contributed by atoms with Crippen molar-refractivity contribution in [3.8, 4) is 0 Å². The van der Waals surface area contributed by atoms with Gasteiger partial charge in [0.25, 0.3) is 0 Å². The monoisotopic (exact) mass is 279 g/mol. The summed E-state index contributed by atoms with van der Waals surface area (Å²) in [6, 6.07) is 0. The molecule has 2 aliphatic rings. The number of piperidine rings is 1. The van der Waals surface area contributed by atoms with Gasteiger partial charge in [-0.1, -0.05) is 25.4 Å². The third-order valence-electron chi connectivity index (χ3n) is 4.65. The predicted molar refractivity (Wildman–Crippen MR) is 78.9 cm³/mol. The molecule has 3 rings (SSSR count). The highest BCUT2D eigenvalue weighted by Gasteiger charge is 2.30. The van der Waals surface area contributed by atoms with E-state index < -0.39 is 0 Å². The Bertz CT molecular complexity index is 485. The van der Waals surface area contributed by atoms with Crippen LogP contribution in [-0.2, 0) is 0 Å². The van der Waals surface area contributed by atoms with E-state index in [0.717, 1.165) is 36.2 Å². The first kappa shape index (κ1) is 13.2. The summed E-state index contributed by atoms with van der Waals surface area (Å²) >= 11 is 6.30. The molecule has 1 aliphatic carbocycles. The molecule has 0 radical (unpaired) electrons. The molecule has 0 spiro atoms. The quantitative estimate of drug-likeness (QED) is 0.771. The molecule has 1 aliphatic heterocycles. The molecule has 19 heavy (non-hydrogen) atoms. The summed E-state index contributed by atoms with van der Waals surface area (Å²) in [5, 5.41) is 0.637. The molecule has 0 aromatic carbocycles. The van der Waals surface area contributed by atoms with Gasteiger partial charge in [-0.3, -0.25) is 0 Å². The molecule has 2 unspecified atom stereocenters. The van der Waals surface area contributed by atoms with Gasteiger partial charge in [0, 0.05) is 24.6 Å². The molecule has 1 aromatic heterocycles. The lowest BCUT2D eigenvalue weighted by Crippen LogP contribution is -2.39. The maximum absolute atomic E-state index is 6.30. The highest BCUT2D eigenvalue weighted by Crippen LogP contribution is 2.40. The molecule has 1 aromatic rings. The molecule has 1 saturated carbocycles. The molecule has 2 heterocycles. The van der Waals surface area contributed by atoms with Gasteiger partial charge in [0.2, 0.25) is 0 Å². The summed E-state index contributed by atoms with van der Waals surface area (Å²) in [5.41, 5.74) is 1.04. The van der Waals surface area contributed by atoms with Crippen molar-refractivity contribution >= 4 is 17.4 Å². The van der Waals surface area contributed by atoms with Crippen molar-refractivity contribution in [2.24, 2.45) is 11.8 Å². The van der Waals surface area contributed by atoms with Crippen LogP contribution in [0.2, 0.25) is 5.15 Å². The number of hydrogen-bond donors (Lipinski definition) is 0. The van der Waals surface area contributed by atoms with Crippen molar-refractivity contribution in [2.75, 3.05) is 18.0 Å². The Morgan fingerprint density at radius 2 is 1.84 bits per heavy atom. The highest BCUT2D eigenvalue weighted by molar-refractivity contribution is 6.30. The average molecular weight is 280 g/mol. The summed E-state index contributed by atoms with van der Waals surface area (Å²) in [4.78, 5) is 11.7. The molecule has 3 nitrogen and oxygen atoms in total. The van der Waals surface area contributed by atoms with Crippen molar-refractivity contribution in [1.29, 1.82) is 0 Å². The van der Waals surface area contributed by atoms with Crippen molar-refractivity contribution < 1.29 is 0 Å². The van der Waals surface area contributed by atoms with E-state index in [0.29, 0.717) is 17.0 Å². The lowest BCUT2D eigenvalue weighted by atomic mass is 9.88. The Kier molecular flexibility index (Phi) is 3.42. The fraction of sp³-hybridized carbons (Fsp3) is 0.733. The topological polar surface area (TPSA) is 29.0 Å². The van der Waals surface area contributed by atoms with Gasteiger partial charge < -0.3 is 4.90 Å². The molecule has 0 N–H and O–H groups in total. The smallest absolute Gasteiger partial charge is 0.137 e. The second-order valence-corrected chi connectivity index (χ2v) is 6.64. The first-order chi connectivity index (χ1) is 9.06. The van der Waals surface area contributed by atoms with Gasteiger partial charge in [0.1, 0.15) is 16.8 Å². The average Bonchev–Trinajstić information content (AvgIpc) is 3.20. The predicted octanol–water partition coefficient (Wildman–Crippen LogP) is 3.80. The van der Waals surface area contributed by atoms with Gasteiger partial charge in [0.05, 0.1) is 0 Å². The van der Waals surface area contributed by atoms with Crippen LogP contribution in [0.15, 0.2) is 0 Å². The Hall–Kier alpha value is -0.830. The Balaban J connectivity index is 1.90. The molecule has 1 saturated heterocycles. The highest BCUT2D eigenvalue weighted by atomic mass is 35.5. The van der Waals surface area contributed by atoms with Crippen LogP contribution in [0.4, 0.5) is 5.82 Å². The molecular formula is C15H22ClN3. The maximum atomic E-state index is 6.30. The van der Waals surface area contributed by atoms with E-state index in [9.17, 15) is 0 Å². The van der Waals surface area contributed by atoms with E-state index in [4.69, 9.17) is 16.6 Å². The van der Waals surface area contributed by atoms with Gasteiger partial charge in [-0.2, -0.15) is 0 Å². The van der Waals surface area contributed by atoms with E-state index in [-0.39, 0.29) is 0 Å². The standard InChI is InChI=1S/C15H22ClN3/c1-9-6-7-19(8-10(9)2)15-11(3)13(16)17-14(18-15)12-4-5-12/h9-10,12H,4-8H2,1-3H3. The second kappa shape index (κ2) is 4.93. The summed E-state index contributed by atoms with van der Waals surface area (Å²) in [6.07, 6.45) is 3.67. The minimum atomic E-state index is 0.554. The van der Waals surface area contributed by atoms with Crippen molar-refractivity contribution in [2.45, 2.75) is 46.0 Å². The number of rotatable bonds is 2. The van der Waals surface area contributed by atoms with Crippen LogP contribution >= 0.6 is 11.6 Å². The largest absolute Gasteiger partial charge is 0.356 e. The fourth-order valence-electron chi connectivity index (χ4n) is 2.78. The van der Waals surface area contributed by atoms with Crippen LogP contribution in [0.5, 0.6) is 0 Å². The van der Waals surface area contributed by atoms with Crippen LogP contribution in [0.3, 0.4) is 0 Å². The van der Waals surface area contributed by atoms with E-state index in [1.807, 2.05) is 6.92 Å². The SMILES string of the molecule is Cc1c(Cl)nc(C2CC2)nc1N1CCC(C)C(C)C1. The van der Waals surface area contributed by atoms with Crippen molar-refractivity contribution in [3.63, 3.8) is 0 Å². The number of anilines is 1. The maximum Gasteiger partial charge on any atom is 0.137 e. The third kappa shape index (κ3) is 2.58. The number of nitrogens with zero attached hydrogens (tertiary/aromatic N) is 3. The zero-order valence-corrected chi connectivity index (χ0v) is 12.7. The van der Waals surface area contributed by atoms with Gasteiger partial charge >= 0.3 is 0 Å². The van der Waals surface area contributed by atoms with E-state index in [1.165, 1.54) is 19.3 Å². The first-order valence-electron chi connectivity index (χ1n) is 7.35. The Morgan fingerprint density at radius 3 is 2.47 bits per heavy atom. The lowest BCUT2D eigenvalue weighted by Gasteiger charge is -2.36. The van der Waals surface area contributed by atoms with Crippen LogP contribution in [0.1, 0.15) is 50.4 Å². The first-order valence-corrected chi connectivity index (χ1v) is 7.73. The molecule has 104 valence electrons. The van der Waals surface area contributed by atoms with Crippen LogP contribution in [-0.4, -0.2) is 23.1 Å². The number of halogens is 1. The summed E-state index contributed by atoms with van der Waals surface area (Å²) in [7, 11) is 0. The van der Waals surface area contributed by atoms with Gasteiger partial charge in [0.15, 0.2) is 0 Å². The Labute approximate surface area is 120 Å². The summed E-state index contributed by atoms with van der Waals surface area (Å²) in [5.74, 6) is 4.10. The molecule has 2 fully saturated rings. The van der Waals surface area contributed by atoms with Gasteiger partial charge in [-0.05, 0) is 38.0 Å². The van der Waals surface area contributed by atoms with E-state index in [2.05, 4.69) is 23.7 Å². The second-order valence-electron chi connectivity index (χ2n) is 6.28. The minimum absolute atomic E-state index is 0.554. The molecular weight excluding hydrogens is 258 g/mol. The summed E-state index contributed by atoms with van der Waals surface area (Å²) in [6.45, 7) is 8.88.